The largest absolute Gasteiger partial charge is 0.456 e. The molecule has 4 radical (unpaired) electrons. The number of rotatable bonds is 65. The summed E-state index contributed by atoms with van der Waals surface area (Å²) in [4.78, 5) is 38.7. The number of hydrogen-bond acceptors (Lipinski definition) is 7. The molecule has 0 aromatic rings. The first kappa shape index (κ1) is 76.4. The lowest BCUT2D eigenvalue weighted by Crippen LogP contribution is -2.48. The van der Waals surface area contributed by atoms with E-state index in [-0.39, 0.29) is 31.0 Å². The molecule has 0 bridgehead atoms. The van der Waals surface area contributed by atoms with Gasteiger partial charge in [0.1, 0.15) is 23.1 Å². The lowest BCUT2D eigenvalue weighted by Gasteiger charge is -2.27. The smallest absolute Gasteiger partial charge is 0.306 e. The van der Waals surface area contributed by atoms with Crippen molar-refractivity contribution in [1.29, 1.82) is 5.03 Å². The number of aliphatic hydroxyl groups is 1. The Hall–Kier alpha value is -0.806. The van der Waals surface area contributed by atoms with E-state index in [0.717, 1.165) is 83.5 Å². The van der Waals surface area contributed by atoms with Gasteiger partial charge in [-0.05, 0) is 51.0 Å². The monoisotopic (exact) mass is 1240 g/mol. The van der Waals surface area contributed by atoms with Crippen LogP contribution >= 0.6 is 17.5 Å². The number of carbonyl (C=O) groups excluding carboxylic acids is 3. The molecule has 0 heterocycles. The maximum absolute atomic E-state index is 13.1. The van der Waals surface area contributed by atoms with Gasteiger partial charge in [0, 0.05) is 21.7 Å². The van der Waals surface area contributed by atoms with Crippen LogP contribution in [0.25, 0.3) is 0 Å². The average Bonchev–Trinajstić information content (AvgIpc) is 3.72. The summed E-state index contributed by atoms with van der Waals surface area (Å²) in [7, 11) is 3.95. The number of esters is 1. The molecule has 0 spiro atoms. The summed E-state index contributed by atoms with van der Waals surface area (Å²) in [5.74, 6) is -0.475. The van der Waals surface area contributed by atoms with Crippen molar-refractivity contribution in [3.63, 3.8) is 0 Å². The summed E-state index contributed by atoms with van der Waals surface area (Å²) in [6.45, 7) is 11.1. The van der Waals surface area contributed by atoms with Crippen molar-refractivity contribution in [1.82, 2.24) is 10.6 Å². The molecule has 2 amide bonds. The highest BCUT2D eigenvalue weighted by molar-refractivity contribution is 7.71. The predicted molar refractivity (Wildman–Crippen MR) is 374 cm³/mol. The fraction of sp³-hybridized carbons (Fsp3) is 0.897. The fourth-order valence-corrected chi connectivity index (χ4v) is 11.6. The minimum atomic E-state index is -3.41. The fourth-order valence-electron chi connectivity index (χ4n) is 10.3. The van der Waals surface area contributed by atoms with E-state index >= 15 is 0 Å². The third kappa shape index (κ3) is 65.5. The minimum absolute atomic E-state index is 0.0367. The summed E-state index contributed by atoms with van der Waals surface area (Å²) in [6, 6.07) is -1.30. The highest BCUT2D eigenvalue weighted by Gasteiger charge is 2.26. The van der Waals surface area contributed by atoms with Gasteiger partial charge in [-0.1, -0.05) is 310 Å². The van der Waals surface area contributed by atoms with Crippen LogP contribution in [0.3, 0.4) is 0 Å². The van der Waals surface area contributed by atoms with Crippen LogP contribution in [-0.4, -0.2) is 97.3 Å². The first-order chi connectivity index (χ1) is 42.1. The van der Waals surface area contributed by atoms with E-state index in [1.165, 1.54) is 218 Å². The summed E-state index contributed by atoms with van der Waals surface area (Å²) in [5.41, 5.74) is 0. The Balaban J connectivity index is 0. The molecular formula is C68H136B2N2O7P2Si2. The Morgan fingerprint density at radius 1 is 0.446 bits per heavy atom. The topological polar surface area (TPSA) is 123 Å². The molecule has 0 aromatic heterocycles. The van der Waals surface area contributed by atoms with E-state index in [0.29, 0.717) is 19.3 Å². The van der Waals surface area contributed by atoms with E-state index < -0.39 is 58.8 Å². The Kier molecular flexibility index (Phi) is 63.3. The molecule has 0 rings (SSSR count). The standard InChI is InChI=1S/C40H79BNO4PSi.C28H57BNO3PSi/c1-4-7-10-13-16-19-20-23-25-28-31-34-39(43)42-37(36-45-48(41)47)38(33-30-27-24-21-17-14-11-8-5-2)46-40(44)35-32-29-26-22-18-15-12-9-6-3;1-3-5-7-9-11-13-14-16-18-20-22-24-28(32)30-26(25-33-35(29)34)27(31)23-21-19-17-15-12-10-8-6-4-2/h30,33,37-38,48H,4-29,31-32,34-36,47H2,1-3H3,(H,42,43);21,23,26-27,31,35H,3-20,22,24-25,34H2,1-2H3,(H,30,32)/b33-30+;23-21+/t37-,38+,48?;26-,27+,35?/m00/s1/i47T,48D;34T,35D/t37-,38+,47?,48?;26-,27+,34?,35?. The van der Waals surface area contributed by atoms with Gasteiger partial charge in [0.15, 0.2) is 0 Å². The maximum Gasteiger partial charge on any atom is 0.306 e. The van der Waals surface area contributed by atoms with E-state index in [9.17, 15) is 19.5 Å². The van der Waals surface area contributed by atoms with Crippen molar-refractivity contribution in [2.24, 2.45) is 0 Å². The molecule has 3 N–H and O–H groups in total. The van der Waals surface area contributed by atoms with Crippen molar-refractivity contribution in [2.75, 3.05) is 13.2 Å². The van der Waals surface area contributed by atoms with Crippen LogP contribution in [0, 0.1) is 0 Å². The second kappa shape index (κ2) is 68.7. The van der Waals surface area contributed by atoms with Gasteiger partial charge in [0.25, 0.3) is 0 Å². The molecule has 0 aliphatic carbocycles. The van der Waals surface area contributed by atoms with Crippen molar-refractivity contribution < 1.29 is 33.1 Å². The van der Waals surface area contributed by atoms with Crippen LogP contribution in [0.5, 0.6) is 0 Å². The van der Waals surface area contributed by atoms with Crippen LogP contribution in [0.2, 0.25) is 0 Å². The average molecular weight is 1240 g/mol. The summed E-state index contributed by atoms with van der Waals surface area (Å²) in [5, 5.41) is 16.6. The first-order valence-electron chi connectivity index (χ1n) is 37.2. The molecule has 15 heteroatoms. The molecule has 8 atom stereocenters. The van der Waals surface area contributed by atoms with Gasteiger partial charge in [-0.25, -0.2) is 0 Å². The predicted octanol–water partition coefficient (Wildman–Crippen LogP) is 18.5. The third-order valence-corrected chi connectivity index (χ3v) is 17.5. The Morgan fingerprint density at radius 3 is 1.06 bits per heavy atom. The number of unbranched alkanes of at least 4 members (excludes halogenated alkanes) is 42. The zero-order valence-corrected chi connectivity index (χ0v) is 58.9. The minimum Gasteiger partial charge on any atom is -0.456 e. The zero-order valence-electron chi connectivity index (χ0n) is 58.9. The molecule has 4 unspecified atom stereocenters. The molecule has 0 saturated heterocycles. The number of aliphatic hydroxyl groups excluding tert-OH is 1. The van der Waals surface area contributed by atoms with E-state index in [4.69, 9.17) is 33.5 Å². The van der Waals surface area contributed by atoms with Crippen molar-refractivity contribution in [3.05, 3.63) is 24.3 Å². The molecule has 0 aromatic carbocycles. The van der Waals surface area contributed by atoms with Gasteiger partial charge >= 0.3 is 5.97 Å². The highest BCUT2D eigenvalue weighted by Crippen LogP contribution is 2.18. The number of ether oxygens (including phenoxy) is 1. The molecule has 0 saturated carbocycles. The number of carbonyl (C=O) groups is 3. The van der Waals surface area contributed by atoms with Gasteiger partial charge in [0.2, 0.25) is 11.8 Å². The Morgan fingerprint density at radius 2 is 0.723 bits per heavy atom. The van der Waals surface area contributed by atoms with Gasteiger partial charge < -0.3 is 29.3 Å². The normalized spacial score (nSPS) is 15.5. The molecule has 83 heavy (non-hydrogen) atoms. The second-order valence-electron chi connectivity index (χ2n) is 24.0. The number of amides is 2. The molecule has 0 aliphatic rings. The SMILES string of the molecule is [2H][Si]([B])(OC[C@H](NC(=O)CCCCCCCCCCCCC)[C@@H](/C=C/CCCCCCCCC)OC(=O)CCCCCCCCCCC)P[3H].[2H][Si]([B])(OC[C@H](NC(=O)CCCCCCCCCCCCC)[C@H](O)/C=C/CCCCCCCCC)P[3H]. The summed E-state index contributed by atoms with van der Waals surface area (Å²) < 4.78 is 48.5. The van der Waals surface area contributed by atoms with Gasteiger partial charge in [-0.3, -0.25) is 14.4 Å². The molecule has 0 fully saturated rings. The van der Waals surface area contributed by atoms with Crippen LogP contribution in [0.15, 0.2) is 24.3 Å². The number of hydrogen-bond donors (Lipinski definition) is 3. The lowest BCUT2D eigenvalue weighted by molar-refractivity contribution is -0.149. The Labute approximate surface area is 530 Å². The molecule has 484 valence electrons. The van der Waals surface area contributed by atoms with Gasteiger partial charge in [-0.15, -0.1) is 17.5 Å². The van der Waals surface area contributed by atoms with Gasteiger partial charge in [0.05, 0.1) is 48.8 Å². The first-order valence-corrected chi connectivity index (χ1v) is 41.2. The quantitative estimate of drug-likeness (QED) is 0.0182. The number of nitrogens with one attached hydrogen (secondary N) is 2. The van der Waals surface area contributed by atoms with Crippen LogP contribution in [-0.2, 0) is 28.0 Å². The molecular weight excluding hydrogens is 1100 g/mol. The van der Waals surface area contributed by atoms with Crippen molar-refractivity contribution in [3.8, 4) is 0 Å². The Bertz CT molecular complexity index is 1590. The second-order valence-corrected chi connectivity index (χ2v) is 29.0. The van der Waals surface area contributed by atoms with Crippen molar-refractivity contribution in [2.45, 2.75) is 380 Å². The van der Waals surface area contributed by atoms with Crippen LogP contribution in [0.1, 0.15) is 356 Å². The molecule has 9 nitrogen and oxygen atoms in total. The van der Waals surface area contributed by atoms with Crippen molar-refractivity contribution >= 4 is 67.1 Å². The zero-order chi connectivity index (χ0) is 64.6. The highest BCUT2D eigenvalue weighted by atomic mass is 31.3. The van der Waals surface area contributed by atoms with Gasteiger partial charge in [-0.2, -0.15) is 0 Å². The van der Waals surface area contributed by atoms with E-state index in [1.54, 1.807) is 6.08 Å². The van der Waals surface area contributed by atoms with E-state index in [2.05, 4.69) is 51.3 Å². The maximum atomic E-state index is 13.1. The number of allylic oxidation sites excluding steroid dienone is 2. The van der Waals surface area contributed by atoms with Crippen LogP contribution in [0.4, 0.5) is 0 Å². The van der Waals surface area contributed by atoms with Crippen LogP contribution < -0.4 is 10.6 Å². The summed E-state index contributed by atoms with van der Waals surface area (Å²) in [6.07, 6.45) is 63.9. The lowest BCUT2D eigenvalue weighted by atomic mass is 10.0. The molecule has 0 aliphatic heterocycles. The summed E-state index contributed by atoms with van der Waals surface area (Å²) >= 11 is 0. The van der Waals surface area contributed by atoms with E-state index in [1.807, 2.05) is 12.2 Å². The third-order valence-electron chi connectivity index (χ3n) is 15.7.